The molecule has 1 saturated heterocycles. The summed E-state index contributed by atoms with van der Waals surface area (Å²) in [4.78, 5) is 14.7. The Morgan fingerprint density at radius 2 is 1.40 bits per heavy atom. The number of likely N-dealkylation sites (N-methyl/N-ethyl adjacent to an activating group) is 1. The number of carbonyl (C=O) groups excluding carboxylic acids is 1. The number of rotatable bonds is 11. The van der Waals surface area contributed by atoms with E-state index in [0.717, 1.165) is 27.8 Å². The molecule has 6 nitrogen and oxygen atoms in total. The molecule has 0 aromatic heterocycles. The number of ether oxygens (including phenoxy) is 2. The van der Waals surface area contributed by atoms with E-state index in [4.69, 9.17) is 9.47 Å². The van der Waals surface area contributed by atoms with Crippen molar-refractivity contribution in [2.45, 2.75) is 51.0 Å². The Bertz CT molecular complexity index is 1980. The second-order valence-corrected chi connectivity index (χ2v) is 12.8. The zero-order valence-corrected chi connectivity index (χ0v) is 28.5. The number of halogens is 5. The van der Waals surface area contributed by atoms with Gasteiger partial charge in [-0.05, 0) is 53.4 Å². The van der Waals surface area contributed by atoms with Gasteiger partial charge in [0.05, 0.1) is 18.8 Å². The van der Waals surface area contributed by atoms with Gasteiger partial charge in [-0.2, -0.15) is 0 Å². The van der Waals surface area contributed by atoms with Crippen molar-refractivity contribution in [2.75, 3.05) is 13.6 Å². The zero-order valence-electron chi connectivity index (χ0n) is 28.5. The number of aliphatic hydroxyl groups excluding tert-OH is 1. The van der Waals surface area contributed by atoms with Crippen LogP contribution in [-0.4, -0.2) is 35.6 Å². The highest BCUT2D eigenvalue weighted by atomic mass is 19.2. The fourth-order valence-corrected chi connectivity index (χ4v) is 6.27. The molecule has 0 radical (unpaired) electrons. The molecule has 11 heteroatoms. The lowest BCUT2D eigenvalue weighted by Gasteiger charge is -2.39. The van der Waals surface area contributed by atoms with Crippen LogP contribution in [0.4, 0.5) is 22.0 Å². The Kier molecular flexibility index (Phi) is 11.5. The van der Waals surface area contributed by atoms with Crippen LogP contribution in [0.25, 0.3) is 11.1 Å². The fraction of sp³-hybridized carbons (Fsp3) is 0.244. The molecule has 4 unspecified atom stereocenters. The number of carbonyl (C=O) groups is 1. The molecule has 6 rings (SSSR count). The van der Waals surface area contributed by atoms with E-state index in [9.17, 15) is 31.9 Å². The smallest absolute Gasteiger partial charge is 0.257 e. The number of nitrogens with one attached hydrogen (secondary N) is 1. The molecular formula is C41H37F5N2O4. The van der Waals surface area contributed by atoms with Crippen molar-refractivity contribution in [1.82, 2.24) is 10.2 Å². The average molecular weight is 717 g/mol. The molecule has 5 aromatic rings. The molecule has 0 saturated carbocycles. The lowest BCUT2D eigenvalue weighted by atomic mass is 9.98. The minimum absolute atomic E-state index is 0.0510. The van der Waals surface area contributed by atoms with Gasteiger partial charge < -0.3 is 19.9 Å². The van der Waals surface area contributed by atoms with E-state index in [2.05, 4.69) is 36.3 Å². The van der Waals surface area contributed by atoms with E-state index in [1.807, 2.05) is 72.8 Å². The molecule has 1 heterocycles. The lowest BCUT2D eigenvalue weighted by molar-refractivity contribution is -0.253. The third kappa shape index (κ3) is 8.08. The molecule has 0 spiro atoms. The van der Waals surface area contributed by atoms with E-state index in [-0.39, 0.29) is 31.4 Å². The molecule has 270 valence electrons. The Balaban J connectivity index is 1.17. The maximum atomic E-state index is 14.1. The highest BCUT2D eigenvalue weighted by Gasteiger charge is 2.34. The summed E-state index contributed by atoms with van der Waals surface area (Å²) in [5.74, 6) is -12.5. The van der Waals surface area contributed by atoms with Crippen LogP contribution in [0.5, 0.6) is 0 Å². The molecule has 5 aromatic carbocycles. The van der Waals surface area contributed by atoms with Crippen LogP contribution < -0.4 is 5.32 Å². The summed E-state index contributed by atoms with van der Waals surface area (Å²) < 4.78 is 82.0. The van der Waals surface area contributed by atoms with Gasteiger partial charge in [-0.3, -0.25) is 9.69 Å². The standard InChI is InChI=1S/C41H37F5N2O4/c1-24(27-8-4-3-5-9-27)48(2)22-32-20-33(29-13-11-25(23-49)12-14-29)52-41(51-32)30-17-15-28(16-18-30)31-10-6-7-26(19-31)21-47-40(50)34-35(42)37(44)39(46)38(45)36(34)43/h3-19,24,32-33,41,49H,20-23H2,1-2H3,(H,47,50). The number of aliphatic hydroxyl groups is 1. The van der Waals surface area contributed by atoms with Crippen LogP contribution in [0.1, 0.15) is 70.0 Å². The topological polar surface area (TPSA) is 71.0 Å². The van der Waals surface area contributed by atoms with Gasteiger partial charge in [-0.25, -0.2) is 22.0 Å². The molecule has 1 amide bonds. The molecule has 4 atom stereocenters. The molecular weight excluding hydrogens is 679 g/mol. The predicted molar refractivity (Wildman–Crippen MR) is 185 cm³/mol. The second-order valence-electron chi connectivity index (χ2n) is 12.8. The summed E-state index contributed by atoms with van der Waals surface area (Å²) in [6.45, 7) is 2.54. The van der Waals surface area contributed by atoms with Crippen LogP contribution in [0.15, 0.2) is 103 Å². The first-order valence-electron chi connectivity index (χ1n) is 16.8. The van der Waals surface area contributed by atoms with Crippen molar-refractivity contribution in [1.29, 1.82) is 0 Å². The monoisotopic (exact) mass is 716 g/mol. The SMILES string of the molecule is CC(c1ccccc1)N(C)CC1CC(c2ccc(CO)cc2)OC(c2ccc(-c3cccc(CNC(=O)c4c(F)c(F)c(F)c(F)c4F)c3)cc2)O1. The van der Waals surface area contributed by atoms with E-state index < -0.39 is 46.8 Å². The van der Waals surface area contributed by atoms with E-state index in [0.29, 0.717) is 18.5 Å². The average Bonchev–Trinajstić information content (AvgIpc) is 3.18. The second kappa shape index (κ2) is 16.2. The molecule has 52 heavy (non-hydrogen) atoms. The number of benzene rings is 5. The third-order valence-corrected chi connectivity index (χ3v) is 9.38. The van der Waals surface area contributed by atoms with Gasteiger partial charge in [0, 0.05) is 31.1 Å². The number of hydrogen-bond donors (Lipinski definition) is 2. The zero-order chi connectivity index (χ0) is 36.9. The van der Waals surface area contributed by atoms with Crippen molar-refractivity contribution in [2.24, 2.45) is 0 Å². The third-order valence-electron chi connectivity index (χ3n) is 9.38. The lowest BCUT2D eigenvalue weighted by Crippen LogP contribution is -2.38. The van der Waals surface area contributed by atoms with Gasteiger partial charge in [0.2, 0.25) is 5.82 Å². The van der Waals surface area contributed by atoms with Crippen molar-refractivity contribution in [3.05, 3.63) is 166 Å². The molecule has 0 bridgehead atoms. The molecule has 2 N–H and O–H groups in total. The number of nitrogens with zero attached hydrogens (tertiary/aromatic N) is 1. The normalized spacial score (nSPS) is 18.0. The van der Waals surface area contributed by atoms with Crippen molar-refractivity contribution in [3.8, 4) is 11.1 Å². The Morgan fingerprint density at radius 3 is 2.06 bits per heavy atom. The van der Waals surface area contributed by atoms with E-state index >= 15 is 0 Å². The van der Waals surface area contributed by atoms with Crippen LogP contribution >= 0.6 is 0 Å². The molecule has 1 aliphatic heterocycles. The number of amides is 1. The van der Waals surface area contributed by atoms with Gasteiger partial charge in [0.1, 0.15) is 5.56 Å². The van der Waals surface area contributed by atoms with Crippen LogP contribution in [-0.2, 0) is 22.6 Å². The summed E-state index contributed by atoms with van der Waals surface area (Å²) in [5, 5.41) is 11.8. The van der Waals surface area contributed by atoms with Crippen molar-refractivity contribution in [3.63, 3.8) is 0 Å². The highest BCUT2D eigenvalue weighted by molar-refractivity contribution is 5.94. The fourth-order valence-electron chi connectivity index (χ4n) is 6.27. The Morgan fingerprint density at radius 1 is 0.769 bits per heavy atom. The van der Waals surface area contributed by atoms with E-state index in [1.165, 1.54) is 5.56 Å². The summed E-state index contributed by atoms with van der Waals surface area (Å²) in [7, 11) is 2.07. The maximum Gasteiger partial charge on any atom is 0.257 e. The van der Waals surface area contributed by atoms with Crippen molar-refractivity contribution < 1.29 is 41.3 Å². The summed E-state index contributed by atoms with van der Waals surface area (Å²) in [6.07, 6.45) is -0.451. The first-order valence-corrected chi connectivity index (χ1v) is 16.8. The molecule has 1 fully saturated rings. The van der Waals surface area contributed by atoms with Gasteiger partial charge >= 0.3 is 0 Å². The Labute approximate surface area is 298 Å². The molecule has 1 aliphatic rings. The van der Waals surface area contributed by atoms with E-state index in [1.54, 1.807) is 18.2 Å². The van der Waals surface area contributed by atoms with Crippen LogP contribution in [0.2, 0.25) is 0 Å². The van der Waals surface area contributed by atoms with Gasteiger partial charge in [-0.1, -0.05) is 97.1 Å². The largest absolute Gasteiger partial charge is 0.392 e. The van der Waals surface area contributed by atoms with Gasteiger partial charge in [-0.15, -0.1) is 0 Å². The summed E-state index contributed by atoms with van der Waals surface area (Å²) in [6, 6.07) is 32.7. The Hall–Kier alpha value is -4.94. The summed E-state index contributed by atoms with van der Waals surface area (Å²) in [5.41, 5.74) is 4.36. The summed E-state index contributed by atoms with van der Waals surface area (Å²) >= 11 is 0. The minimum Gasteiger partial charge on any atom is -0.392 e. The van der Waals surface area contributed by atoms with Crippen LogP contribution in [0, 0.1) is 29.1 Å². The van der Waals surface area contributed by atoms with Gasteiger partial charge in [0.25, 0.3) is 5.91 Å². The maximum absolute atomic E-state index is 14.1. The quantitative estimate of drug-likeness (QED) is 0.0814. The highest BCUT2D eigenvalue weighted by Crippen LogP contribution is 2.39. The first kappa shape index (κ1) is 36.8. The van der Waals surface area contributed by atoms with Crippen LogP contribution in [0.3, 0.4) is 0 Å². The van der Waals surface area contributed by atoms with Gasteiger partial charge in [0.15, 0.2) is 29.6 Å². The predicted octanol–water partition coefficient (Wildman–Crippen LogP) is 8.71. The number of hydrogen-bond acceptors (Lipinski definition) is 5. The van der Waals surface area contributed by atoms with Crippen molar-refractivity contribution >= 4 is 5.91 Å². The first-order chi connectivity index (χ1) is 25.0. The minimum atomic E-state index is -2.33. The molecule has 0 aliphatic carbocycles.